The first kappa shape index (κ1) is 9.64. The van der Waals surface area contributed by atoms with E-state index in [4.69, 9.17) is 11.6 Å². The van der Waals surface area contributed by atoms with Gasteiger partial charge in [0.25, 0.3) is 0 Å². The van der Waals surface area contributed by atoms with Gasteiger partial charge in [0, 0.05) is 12.4 Å². The van der Waals surface area contributed by atoms with Crippen LogP contribution < -0.4 is 0 Å². The second-order valence-electron chi connectivity index (χ2n) is 2.82. The molecule has 74 valence electrons. The SMILES string of the molecule is Cn1ncc(Cl)c1C(O)c1cscn1. The molecule has 0 aliphatic heterocycles. The van der Waals surface area contributed by atoms with E-state index in [9.17, 15) is 5.11 Å². The molecular weight excluding hydrogens is 222 g/mol. The van der Waals surface area contributed by atoms with Gasteiger partial charge in [-0.25, -0.2) is 4.98 Å². The normalized spacial score (nSPS) is 13.1. The van der Waals surface area contributed by atoms with Crippen LogP contribution in [0.1, 0.15) is 17.5 Å². The largest absolute Gasteiger partial charge is 0.380 e. The molecule has 0 spiro atoms. The first-order chi connectivity index (χ1) is 6.70. The molecule has 14 heavy (non-hydrogen) atoms. The Kier molecular flexibility index (Phi) is 2.54. The molecule has 0 saturated heterocycles. The van der Waals surface area contributed by atoms with E-state index in [0.717, 1.165) is 0 Å². The summed E-state index contributed by atoms with van der Waals surface area (Å²) in [5.41, 5.74) is 2.83. The summed E-state index contributed by atoms with van der Waals surface area (Å²) in [6.07, 6.45) is 0.702. The Labute approximate surface area is 89.8 Å². The second kappa shape index (κ2) is 3.68. The fraction of sp³-hybridized carbons (Fsp3) is 0.250. The van der Waals surface area contributed by atoms with Gasteiger partial charge in [0.05, 0.1) is 28.1 Å². The number of rotatable bonds is 2. The van der Waals surface area contributed by atoms with E-state index in [-0.39, 0.29) is 0 Å². The smallest absolute Gasteiger partial charge is 0.140 e. The Morgan fingerprint density at radius 1 is 1.64 bits per heavy atom. The number of nitrogens with zero attached hydrogens (tertiary/aromatic N) is 3. The standard InChI is InChI=1S/C8H8ClN3OS/c1-12-7(5(9)2-11-12)8(13)6-3-14-4-10-6/h2-4,8,13H,1H3. The van der Waals surface area contributed by atoms with Crippen LogP contribution in [0.25, 0.3) is 0 Å². The molecule has 1 unspecified atom stereocenters. The van der Waals surface area contributed by atoms with E-state index < -0.39 is 6.10 Å². The molecule has 0 aliphatic rings. The van der Waals surface area contributed by atoms with Crippen molar-refractivity contribution < 1.29 is 5.11 Å². The number of aliphatic hydroxyl groups is 1. The van der Waals surface area contributed by atoms with Gasteiger partial charge in [-0.15, -0.1) is 11.3 Å². The molecule has 0 aromatic carbocycles. The van der Waals surface area contributed by atoms with Crippen LogP contribution >= 0.6 is 22.9 Å². The van der Waals surface area contributed by atoms with Crippen molar-refractivity contribution in [1.29, 1.82) is 0 Å². The molecule has 1 N–H and O–H groups in total. The average molecular weight is 230 g/mol. The van der Waals surface area contributed by atoms with Gasteiger partial charge >= 0.3 is 0 Å². The average Bonchev–Trinajstić information content (AvgIpc) is 2.75. The summed E-state index contributed by atoms with van der Waals surface area (Å²) in [6, 6.07) is 0. The molecule has 0 aliphatic carbocycles. The lowest BCUT2D eigenvalue weighted by Gasteiger charge is -2.08. The number of halogens is 1. The molecule has 2 heterocycles. The van der Waals surface area contributed by atoms with Gasteiger partial charge in [0.1, 0.15) is 6.10 Å². The summed E-state index contributed by atoms with van der Waals surface area (Å²) in [6.45, 7) is 0. The van der Waals surface area contributed by atoms with Crippen LogP contribution in [0, 0.1) is 0 Å². The third-order valence-corrected chi connectivity index (χ3v) is 2.82. The molecule has 0 bridgehead atoms. The van der Waals surface area contributed by atoms with Crippen molar-refractivity contribution in [3.63, 3.8) is 0 Å². The first-order valence-electron chi connectivity index (χ1n) is 3.93. The third-order valence-electron chi connectivity index (χ3n) is 1.93. The molecular formula is C8H8ClN3OS. The Morgan fingerprint density at radius 2 is 2.43 bits per heavy atom. The maximum absolute atomic E-state index is 9.93. The minimum Gasteiger partial charge on any atom is -0.380 e. The van der Waals surface area contributed by atoms with Crippen molar-refractivity contribution >= 4 is 22.9 Å². The number of hydrogen-bond donors (Lipinski definition) is 1. The van der Waals surface area contributed by atoms with E-state index in [2.05, 4.69) is 10.1 Å². The first-order valence-corrected chi connectivity index (χ1v) is 5.25. The van der Waals surface area contributed by atoms with Crippen LogP contribution in [0.15, 0.2) is 17.1 Å². The number of aromatic nitrogens is 3. The number of hydrogen-bond acceptors (Lipinski definition) is 4. The highest BCUT2D eigenvalue weighted by molar-refractivity contribution is 7.07. The summed E-state index contributed by atoms with van der Waals surface area (Å²) in [7, 11) is 1.73. The summed E-state index contributed by atoms with van der Waals surface area (Å²) in [4.78, 5) is 4.02. The minimum atomic E-state index is -0.804. The molecule has 6 heteroatoms. The van der Waals surface area contributed by atoms with Crippen molar-refractivity contribution in [3.05, 3.63) is 33.5 Å². The highest BCUT2D eigenvalue weighted by Crippen LogP contribution is 2.26. The van der Waals surface area contributed by atoms with Gasteiger partial charge in [-0.05, 0) is 0 Å². The van der Waals surface area contributed by atoms with Crippen LogP contribution in [0.2, 0.25) is 5.02 Å². The zero-order valence-electron chi connectivity index (χ0n) is 7.38. The van der Waals surface area contributed by atoms with E-state index in [1.165, 1.54) is 17.5 Å². The van der Waals surface area contributed by atoms with Gasteiger partial charge in [-0.1, -0.05) is 11.6 Å². The molecule has 0 radical (unpaired) electrons. The van der Waals surface area contributed by atoms with Gasteiger partial charge in [-0.2, -0.15) is 5.10 Å². The lowest BCUT2D eigenvalue weighted by atomic mass is 10.2. The molecule has 4 nitrogen and oxygen atoms in total. The Hall–Kier alpha value is -0.910. The maximum Gasteiger partial charge on any atom is 0.140 e. The Morgan fingerprint density at radius 3 is 2.93 bits per heavy atom. The van der Waals surface area contributed by atoms with E-state index in [1.54, 1.807) is 22.6 Å². The van der Waals surface area contributed by atoms with Gasteiger partial charge in [-0.3, -0.25) is 4.68 Å². The van der Waals surface area contributed by atoms with Gasteiger partial charge < -0.3 is 5.11 Å². The van der Waals surface area contributed by atoms with Crippen molar-refractivity contribution in [3.8, 4) is 0 Å². The van der Waals surface area contributed by atoms with Crippen molar-refractivity contribution in [2.45, 2.75) is 6.10 Å². The lowest BCUT2D eigenvalue weighted by molar-refractivity contribution is 0.206. The third kappa shape index (κ3) is 1.54. The second-order valence-corrected chi connectivity index (χ2v) is 3.94. The van der Waals surface area contributed by atoms with Gasteiger partial charge in [0.2, 0.25) is 0 Å². The number of aryl methyl sites for hydroxylation is 1. The Bertz CT molecular complexity index is 406. The lowest BCUT2D eigenvalue weighted by Crippen LogP contribution is -2.07. The highest BCUT2D eigenvalue weighted by atomic mass is 35.5. The van der Waals surface area contributed by atoms with Crippen LogP contribution in [-0.2, 0) is 7.05 Å². The fourth-order valence-electron chi connectivity index (χ4n) is 1.22. The van der Waals surface area contributed by atoms with Crippen LogP contribution in [0.3, 0.4) is 0 Å². The summed E-state index contributed by atoms with van der Waals surface area (Å²) >= 11 is 7.32. The fourth-order valence-corrected chi connectivity index (χ4v) is 2.07. The summed E-state index contributed by atoms with van der Waals surface area (Å²) < 4.78 is 1.55. The highest BCUT2D eigenvalue weighted by Gasteiger charge is 2.19. The summed E-state index contributed by atoms with van der Waals surface area (Å²) in [5, 5.41) is 16.1. The molecule has 0 amide bonds. The minimum absolute atomic E-state index is 0.452. The van der Waals surface area contributed by atoms with Crippen LogP contribution in [0.4, 0.5) is 0 Å². The Balaban J connectivity index is 2.41. The van der Waals surface area contributed by atoms with Crippen molar-refractivity contribution in [1.82, 2.24) is 14.8 Å². The zero-order chi connectivity index (χ0) is 10.1. The molecule has 2 aromatic heterocycles. The molecule has 0 fully saturated rings. The number of thiazole rings is 1. The maximum atomic E-state index is 9.93. The van der Waals surface area contributed by atoms with Crippen molar-refractivity contribution in [2.24, 2.45) is 7.05 Å². The molecule has 1 atom stereocenters. The number of aliphatic hydroxyl groups excluding tert-OH is 1. The predicted molar refractivity (Wildman–Crippen MR) is 54.4 cm³/mol. The van der Waals surface area contributed by atoms with E-state index >= 15 is 0 Å². The summed E-state index contributed by atoms with van der Waals surface area (Å²) in [5.74, 6) is 0. The zero-order valence-corrected chi connectivity index (χ0v) is 8.96. The van der Waals surface area contributed by atoms with E-state index in [0.29, 0.717) is 16.4 Å². The molecule has 0 saturated carbocycles. The predicted octanol–water partition coefficient (Wildman–Crippen LogP) is 1.61. The quantitative estimate of drug-likeness (QED) is 0.851. The van der Waals surface area contributed by atoms with Gasteiger partial charge in [0.15, 0.2) is 0 Å². The monoisotopic (exact) mass is 229 g/mol. The topological polar surface area (TPSA) is 50.9 Å². The van der Waals surface area contributed by atoms with Crippen molar-refractivity contribution in [2.75, 3.05) is 0 Å². The molecule has 2 aromatic rings. The molecule has 2 rings (SSSR count). The van der Waals surface area contributed by atoms with Crippen LogP contribution in [0.5, 0.6) is 0 Å². The van der Waals surface area contributed by atoms with E-state index in [1.807, 2.05) is 0 Å². The van der Waals surface area contributed by atoms with Crippen LogP contribution in [-0.4, -0.2) is 19.9 Å².